The molecule has 5 heteroatoms. The number of hydrogen-bond donors (Lipinski definition) is 2. The predicted octanol–water partition coefficient (Wildman–Crippen LogP) is 5.16. The Balaban J connectivity index is 1.97. The zero-order valence-corrected chi connectivity index (χ0v) is 17.7. The van der Waals surface area contributed by atoms with Crippen molar-refractivity contribution in [1.29, 1.82) is 0 Å². The number of anilines is 1. The van der Waals surface area contributed by atoms with Gasteiger partial charge in [-0.15, -0.1) is 0 Å². The number of nitrogens with zero attached hydrogens (tertiary/aromatic N) is 1. The number of ketones is 1. The van der Waals surface area contributed by atoms with Crippen LogP contribution in [0.2, 0.25) is 0 Å². The normalized spacial score (nSPS) is 16.9. The molecule has 30 heavy (non-hydrogen) atoms. The largest absolute Gasteiger partial charge is 0.503 e. The Morgan fingerprint density at radius 1 is 1.13 bits per heavy atom. The summed E-state index contributed by atoms with van der Waals surface area (Å²) in [5.74, 6) is -1.56. The molecule has 5 nitrogen and oxygen atoms in total. The van der Waals surface area contributed by atoms with E-state index in [-0.39, 0.29) is 17.3 Å². The number of carbonyl (C=O) groups excluding carboxylic acids is 2. The van der Waals surface area contributed by atoms with Gasteiger partial charge in [-0.3, -0.25) is 14.5 Å². The predicted molar refractivity (Wildman–Crippen MR) is 119 cm³/mol. The first-order valence-corrected chi connectivity index (χ1v) is 10.3. The third-order valence-electron chi connectivity index (χ3n) is 5.84. The number of hydrogen-bond acceptors (Lipinski definition) is 3. The fourth-order valence-electron chi connectivity index (χ4n) is 4.25. The maximum absolute atomic E-state index is 13.2. The van der Waals surface area contributed by atoms with Gasteiger partial charge < -0.3 is 10.1 Å². The molecule has 0 spiro atoms. The van der Waals surface area contributed by atoms with E-state index in [9.17, 15) is 14.7 Å². The van der Waals surface area contributed by atoms with Crippen LogP contribution < -0.4 is 4.90 Å². The molecule has 0 aliphatic carbocycles. The van der Waals surface area contributed by atoms with Crippen molar-refractivity contribution >= 4 is 28.3 Å². The number of aryl methyl sites for hydroxylation is 2. The van der Waals surface area contributed by atoms with Crippen LogP contribution in [-0.2, 0) is 16.0 Å². The van der Waals surface area contributed by atoms with Gasteiger partial charge in [-0.2, -0.15) is 0 Å². The Kier molecular flexibility index (Phi) is 4.98. The molecule has 4 rings (SSSR count). The number of benzene rings is 2. The summed E-state index contributed by atoms with van der Waals surface area (Å²) in [5.41, 5.74) is 4.62. The Bertz CT molecular complexity index is 1170. The van der Waals surface area contributed by atoms with E-state index in [1.54, 1.807) is 18.7 Å². The minimum atomic E-state index is -0.684. The van der Waals surface area contributed by atoms with Crippen molar-refractivity contribution in [3.05, 3.63) is 76.7 Å². The molecule has 2 heterocycles. The monoisotopic (exact) mass is 402 g/mol. The Morgan fingerprint density at radius 2 is 1.80 bits per heavy atom. The summed E-state index contributed by atoms with van der Waals surface area (Å²) in [6.45, 7) is 7.57. The van der Waals surface area contributed by atoms with Crippen LogP contribution in [0.4, 0.5) is 5.69 Å². The SMILES string of the molecule is CCc1ccc(N2C(=O)C(O)=C(C(=O)C(C)C)C2c2c(C)[nH]c3ccccc23)cc1. The Hall–Kier alpha value is -3.34. The first-order chi connectivity index (χ1) is 14.3. The second-order valence-corrected chi connectivity index (χ2v) is 8.09. The zero-order valence-electron chi connectivity index (χ0n) is 17.7. The Morgan fingerprint density at radius 3 is 2.43 bits per heavy atom. The van der Waals surface area contributed by atoms with E-state index in [1.165, 1.54) is 0 Å². The van der Waals surface area contributed by atoms with E-state index in [2.05, 4.69) is 11.9 Å². The molecule has 1 atom stereocenters. The number of aromatic nitrogens is 1. The highest BCUT2D eigenvalue weighted by Crippen LogP contribution is 2.45. The molecule has 0 radical (unpaired) electrons. The number of aromatic amines is 1. The Labute approximate surface area is 176 Å². The highest BCUT2D eigenvalue weighted by molar-refractivity contribution is 6.17. The maximum Gasteiger partial charge on any atom is 0.294 e. The second kappa shape index (κ2) is 7.48. The quantitative estimate of drug-likeness (QED) is 0.619. The van der Waals surface area contributed by atoms with E-state index < -0.39 is 17.7 Å². The van der Waals surface area contributed by atoms with Gasteiger partial charge in [0.2, 0.25) is 0 Å². The lowest BCUT2D eigenvalue weighted by Gasteiger charge is -2.28. The van der Waals surface area contributed by atoms with Gasteiger partial charge in [0.15, 0.2) is 11.5 Å². The first-order valence-electron chi connectivity index (χ1n) is 10.3. The average Bonchev–Trinajstić information content (AvgIpc) is 3.20. The smallest absolute Gasteiger partial charge is 0.294 e. The lowest BCUT2D eigenvalue weighted by Crippen LogP contribution is -2.31. The molecule has 1 amide bonds. The molecule has 3 aromatic rings. The molecule has 1 aromatic heterocycles. The number of Topliss-reactive ketones (excluding diaryl/α,β-unsaturated/α-hetero) is 1. The van der Waals surface area contributed by atoms with Gasteiger partial charge in [0.25, 0.3) is 5.91 Å². The standard InChI is InChI=1S/C25H26N2O3/c1-5-16-10-12-17(13-11-16)27-22(21(23(28)14(2)3)24(29)25(27)30)20-15(4)26-19-9-7-6-8-18(19)20/h6-14,22,26,29H,5H2,1-4H3. The van der Waals surface area contributed by atoms with Crippen molar-refractivity contribution in [3.8, 4) is 0 Å². The third kappa shape index (κ3) is 3.02. The lowest BCUT2D eigenvalue weighted by atomic mass is 9.89. The second-order valence-electron chi connectivity index (χ2n) is 8.09. The summed E-state index contributed by atoms with van der Waals surface area (Å²) in [5, 5.41) is 11.7. The molecular weight excluding hydrogens is 376 g/mol. The minimum Gasteiger partial charge on any atom is -0.503 e. The summed E-state index contributed by atoms with van der Waals surface area (Å²) in [7, 11) is 0. The highest BCUT2D eigenvalue weighted by Gasteiger charge is 2.46. The van der Waals surface area contributed by atoms with Crippen LogP contribution in [0.5, 0.6) is 0 Å². The molecule has 0 saturated heterocycles. The summed E-state index contributed by atoms with van der Waals surface area (Å²) in [4.78, 5) is 31.2. The maximum atomic E-state index is 13.2. The highest BCUT2D eigenvalue weighted by atomic mass is 16.3. The first kappa shape index (κ1) is 20.0. The van der Waals surface area contributed by atoms with Crippen molar-refractivity contribution < 1.29 is 14.7 Å². The molecular formula is C25H26N2O3. The molecule has 0 saturated carbocycles. The molecule has 1 aliphatic heterocycles. The van der Waals surface area contributed by atoms with Crippen molar-refractivity contribution in [2.75, 3.05) is 4.90 Å². The molecule has 2 N–H and O–H groups in total. The number of rotatable bonds is 5. The van der Waals surface area contributed by atoms with Gasteiger partial charge in [-0.1, -0.05) is 51.1 Å². The number of carbonyl (C=O) groups is 2. The summed E-state index contributed by atoms with van der Waals surface area (Å²) < 4.78 is 0. The summed E-state index contributed by atoms with van der Waals surface area (Å²) in [6, 6.07) is 14.8. The van der Waals surface area contributed by atoms with Gasteiger partial charge in [-0.05, 0) is 37.1 Å². The number of amides is 1. The number of nitrogens with one attached hydrogen (secondary N) is 1. The van der Waals surface area contributed by atoms with Gasteiger partial charge >= 0.3 is 0 Å². The summed E-state index contributed by atoms with van der Waals surface area (Å²) in [6.07, 6.45) is 0.889. The van der Waals surface area contributed by atoms with E-state index in [0.717, 1.165) is 34.1 Å². The van der Waals surface area contributed by atoms with Gasteiger partial charge in [0, 0.05) is 33.8 Å². The molecule has 0 fully saturated rings. The van der Waals surface area contributed by atoms with Crippen molar-refractivity contribution in [2.24, 2.45) is 5.92 Å². The van der Waals surface area contributed by atoms with Crippen LogP contribution in [0.25, 0.3) is 10.9 Å². The zero-order chi connectivity index (χ0) is 21.6. The van der Waals surface area contributed by atoms with E-state index >= 15 is 0 Å². The van der Waals surface area contributed by atoms with Gasteiger partial charge in [-0.25, -0.2) is 0 Å². The molecule has 1 aliphatic rings. The van der Waals surface area contributed by atoms with Crippen molar-refractivity contribution in [3.63, 3.8) is 0 Å². The fourth-order valence-corrected chi connectivity index (χ4v) is 4.25. The van der Waals surface area contributed by atoms with Crippen molar-refractivity contribution in [2.45, 2.75) is 40.2 Å². The van der Waals surface area contributed by atoms with Crippen LogP contribution in [0.15, 0.2) is 59.9 Å². The van der Waals surface area contributed by atoms with Gasteiger partial charge in [0.1, 0.15) is 0 Å². The van der Waals surface area contributed by atoms with Crippen LogP contribution in [0, 0.1) is 12.8 Å². The topological polar surface area (TPSA) is 73.4 Å². The molecule has 0 bridgehead atoms. The van der Waals surface area contributed by atoms with Crippen LogP contribution in [-0.4, -0.2) is 21.8 Å². The van der Waals surface area contributed by atoms with Crippen LogP contribution in [0.3, 0.4) is 0 Å². The van der Waals surface area contributed by atoms with E-state index in [1.807, 2.05) is 55.5 Å². The lowest BCUT2D eigenvalue weighted by molar-refractivity contribution is -0.119. The van der Waals surface area contributed by atoms with E-state index in [0.29, 0.717) is 5.69 Å². The number of H-pyrrole nitrogens is 1. The third-order valence-corrected chi connectivity index (χ3v) is 5.84. The number of aliphatic hydroxyl groups is 1. The van der Waals surface area contributed by atoms with Crippen LogP contribution in [0.1, 0.15) is 43.6 Å². The molecule has 1 unspecified atom stereocenters. The van der Waals surface area contributed by atoms with Gasteiger partial charge in [0.05, 0.1) is 11.6 Å². The van der Waals surface area contributed by atoms with Crippen molar-refractivity contribution in [1.82, 2.24) is 4.98 Å². The van der Waals surface area contributed by atoms with E-state index in [4.69, 9.17) is 0 Å². The molecule has 154 valence electrons. The molecule has 2 aromatic carbocycles. The number of para-hydroxylation sites is 1. The number of aliphatic hydroxyl groups excluding tert-OH is 1. The minimum absolute atomic E-state index is 0.169. The van der Waals surface area contributed by atoms with Crippen LogP contribution >= 0.6 is 0 Å². The number of fused-ring (bicyclic) bond motifs is 1. The average molecular weight is 402 g/mol. The summed E-state index contributed by atoms with van der Waals surface area (Å²) >= 11 is 0. The fraction of sp³-hybridized carbons (Fsp3) is 0.280.